The molecule has 2 aliphatic rings. The second kappa shape index (κ2) is 5.74. The number of hydrogen-bond donors (Lipinski definition) is 0. The lowest BCUT2D eigenvalue weighted by molar-refractivity contribution is -0.137. The van der Waals surface area contributed by atoms with Gasteiger partial charge in [0.15, 0.2) is 0 Å². The topological polar surface area (TPSA) is 40.6 Å². The number of carbonyl (C=O) groups is 2. The highest BCUT2D eigenvalue weighted by Crippen LogP contribution is 2.41. The maximum absolute atomic E-state index is 13.4. The number of hydrogen-bond acceptors (Lipinski definition) is 2. The van der Waals surface area contributed by atoms with Gasteiger partial charge in [-0.15, -0.1) is 0 Å². The molecule has 134 valence electrons. The first-order chi connectivity index (χ1) is 12.3. The van der Waals surface area contributed by atoms with E-state index in [1.807, 2.05) is 24.3 Å². The molecule has 0 aromatic heterocycles. The van der Waals surface area contributed by atoms with E-state index in [0.717, 1.165) is 23.3 Å². The van der Waals surface area contributed by atoms with Crippen molar-refractivity contribution in [3.63, 3.8) is 0 Å². The molecular weight excluding hydrogens is 369 g/mol. The largest absolute Gasteiger partial charge is 0.418 e. The smallest absolute Gasteiger partial charge is 0.307 e. The Bertz CT molecular complexity index is 886. The summed E-state index contributed by atoms with van der Waals surface area (Å²) in [4.78, 5) is 27.5. The Labute approximate surface area is 151 Å². The van der Waals surface area contributed by atoms with Crippen LogP contribution in [0.1, 0.15) is 16.7 Å². The number of imide groups is 1. The van der Waals surface area contributed by atoms with Crippen molar-refractivity contribution in [1.82, 2.24) is 4.90 Å². The van der Waals surface area contributed by atoms with Crippen molar-refractivity contribution >= 4 is 29.2 Å². The summed E-state index contributed by atoms with van der Waals surface area (Å²) in [6.07, 6.45) is -4.46. The summed E-state index contributed by atoms with van der Waals surface area (Å²) in [6, 6.07) is 8.83. The van der Waals surface area contributed by atoms with Crippen molar-refractivity contribution in [2.75, 3.05) is 4.90 Å². The van der Waals surface area contributed by atoms with Gasteiger partial charge < -0.3 is 4.90 Å². The molecule has 4 rings (SSSR count). The van der Waals surface area contributed by atoms with Gasteiger partial charge in [-0.25, -0.2) is 9.69 Å². The van der Waals surface area contributed by atoms with Crippen LogP contribution in [-0.2, 0) is 23.9 Å². The van der Waals surface area contributed by atoms with Crippen LogP contribution in [0.15, 0.2) is 42.5 Å². The molecule has 0 unspecified atom stereocenters. The summed E-state index contributed by atoms with van der Waals surface area (Å²) in [5.74, 6) is -0.655. The quantitative estimate of drug-likeness (QED) is 0.694. The Hall–Kier alpha value is -2.54. The van der Waals surface area contributed by atoms with Crippen LogP contribution in [0.5, 0.6) is 0 Å². The van der Waals surface area contributed by atoms with Gasteiger partial charge in [-0.1, -0.05) is 35.9 Å². The normalized spacial score (nSPS) is 19.6. The molecule has 2 aromatic rings. The van der Waals surface area contributed by atoms with Gasteiger partial charge in [0.2, 0.25) is 0 Å². The van der Waals surface area contributed by atoms with Crippen molar-refractivity contribution in [3.8, 4) is 0 Å². The Morgan fingerprint density at radius 2 is 1.73 bits per heavy atom. The monoisotopic (exact) mass is 380 g/mol. The molecule has 1 atom stereocenters. The van der Waals surface area contributed by atoms with Crippen LogP contribution >= 0.6 is 11.6 Å². The van der Waals surface area contributed by atoms with E-state index in [1.165, 1.54) is 11.0 Å². The SMILES string of the molecule is O=C1[C@@H]2Cc3ccccc3CN2C(=O)N1c1ccc(Cl)cc1C(F)(F)F. The van der Waals surface area contributed by atoms with Crippen molar-refractivity contribution in [2.45, 2.75) is 25.2 Å². The van der Waals surface area contributed by atoms with Crippen molar-refractivity contribution < 1.29 is 22.8 Å². The minimum absolute atomic E-state index is 0.120. The van der Waals surface area contributed by atoms with Crippen LogP contribution in [0.2, 0.25) is 5.02 Å². The number of amides is 3. The molecule has 0 saturated carbocycles. The predicted octanol–water partition coefficient (Wildman–Crippen LogP) is 4.25. The van der Waals surface area contributed by atoms with Gasteiger partial charge in [0.05, 0.1) is 11.3 Å². The second-order valence-electron chi connectivity index (χ2n) is 6.23. The van der Waals surface area contributed by atoms with E-state index >= 15 is 0 Å². The number of anilines is 1. The first-order valence-electron chi connectivity index (χ1n) is 7.85. The molecule has 1 saturated heterocycles. The molecule has 0 bridgehead atoms. The van der Waals surface area contributed by atoms with Crippen molar-refractivity contribution in [1.29, 1.82) is 0 Å². The van der Waals surface area contributed by atoms with Crippen LogP contribution in [0.25, 0.3) is 0 Å². The summed E-state index contributed by atoms with van der Waals surface area (Å²) in [6.45, 7) is 0.191. The number of rotatable bonds is 1. The molecule has 0 radical (unpaired) electrons. The average Bonchev–Trinajstić information content (AvgIpc) is 2.83. The first-order valence-corrected chi connectivity index (χ1v) is 8.23. The highest BCUT2D eigenvalue weighted by molar-refractivity contribution is 6.31. The third-order valence-corrected chi connectivity index (χ3v) is 4.93. The lowest BCUT2D eigenvalue weighted by Gasteiger charge is -2.28. The third-order valence-electron chi connectivity index (χ3n) is 4.70. The lowest BCUT2D eigenvalue weighted by Crippen LogP contribution is -2.39. The van der Waals surface area contributed by atoms with Crippen LogP contribution in [0.3, 0.4) is 0 Å². The van der Waals surface area contributed by atoms with Gasteiger partial charge in [0.25, 0.3) is 5.91 Å². The molecule has 8 heteroatoms. The highest BCUT2D eigenvalue weighted by atomic mass is 35.5. The summed E-state index contributed by atoms with van der Waals surface area (Å²) in [7, 11) is 0. The number of carbonyl (C=O) groups excluding carboxylic acids is 2. The van der Waals surface area contributed by atoms with E-state index in [2.05, 4.69) is 0 Å². The van der Waals surface area contributed by atoms with E-state index < -0.39 is 35.4 Å². The van der Waals surface area contributed by atoms with Crippen LogP contribution in [0.4, 0.5) is 23.7 Å². The number of nitrogens with zero attached hydrogens (tertiary/aromatic N) is 2. The number of benzene rings is 2. The number of urea groups is 1. The van der Waals surface area contributed by atoms with E-state index in [9.17, 15) is 22.8 Å². The molecule has 0 N–H and O–H groups in total. The Morgan fingerprint density at radius 1 is 1.04 bits per heavy atom. The highest BCUT2D eigenvalue weighted by Gasteiger charge is 2.50. The van der Waals surface area contributed by atoms with Gasteiger partial charge in [-0.3, -0.25) is 4.79 Å². The summed E-state index contributed by atoms with van der Waals surface area (Å²) in [5.41, 5.74) is 0.210. The Kier molecular flexibility index (Phi) is 3.73. The standard InChI is InChI=1S/C18H12ClF3N2O2/c19-12-5-6-14(13(8-12)18(20,21)22)24-16(25)15-7-10-3-1-2-4-11(10)9-23(15)17(24)26/h1-6,8,15H,7,9H2/t15-/m0/s1. The second-order valence-corrected chi connectivity index (χ2v) is 6.67. The van der Waals surface area contributed by atoms with Crippen molar-refractivity contribution in [2.24, 2.45) is 0 Å². The fourth-order valence-electron chi connectivity index (χ4n) is 3.47. The van der Waals surface area contributed by atoms with E-state index in [1.54, 1.807) is 0 Å². The number of alkyl halides is 3. The van der Waals surface area contributed by atoms with Crippen LogP contribution < -0.4 is 4.90 Å². The molecule has 2 aromatic carbocycles. The van der Waals surface area contributed by atoms with E-state index in [-0.39, 0.29) is 18.0 Å². The zero-order valence-corrected chi connectivity index (χ0v) is 14.0. The van der Waals surface area contributed by atoms with Gasteiger partial charge >= 0.3 is 12.2 Å². The Morgan fingerprint density at radius 3 is 2.42 bits per heavy atom. The number of halogens is 4. The fraction of sp³-hybridized carbons (Fsp3) is 0.222. The van der Waals surface area contributed by atoms with Crippen LogP contribution in [0, 0.1) is 0 Å². The van der Waals surface area contributed by atoms with Gasteiger partial charge in [-0.05, 0) is 29.3 Å². The molecule has 0 spiro atoms. The summed E-state index contributed by atoms with van der Waals surface area (Å²) in [5, 5.41) is -0.120. The molecule has 3 amide bonds. The number of fused-ring (bicyclic) bond motifs is 2. The zero-order chi connectivity index (χ0) is 18.6. The zero-order valence-electron chi connectivity index (χ0n) is 13.3. The first kappa shape index (κ1) is 16.9. The molecule has 2 heterocycles. The lowest BCUT2D eigenvalue weighted by atomic mass is 9.95. The molecular formula is C18H12ClF3N2O2. The molecule has 26 heavy (non-hydrogen) atoms. The van der Waals surface area contributed by atoms with E-state index in [4.69, 9.17) is 11.6 Å². The molecule has 0 aliphatic carbocycles. The molecule has 4 nitrogen and oxygen atoms in total. The minimum atomic E-state index is -4.74. The predicted molar refractivity (Wildman–Crippen MR) is 88.8 cm³/mol. The third kappa shape index (κ3) is 2.54. The van der Waals surface area contributed by atoms with Gasteiger partial charge in [-0.2, -0.15) is 13.2 Å². The van der Waals surface area contributed by atoms with E-state index in [0.29, 0.717) is 4.90 Å². The van der Waals surface area contributed by atoms with Gasteiger partial charge in [0, 0.05) is 18.0 Å². The fourth-order valence-corrected chi connectivity index (χ4v) is 3.64. The maximum atomic E-state index is 13.4. The van der Waals surface area contributed by atoms with Crippen molar-refractivity contribution in [3.05, 3.63) is 64.2 Å². The molecule has 2 aliphatic heterocycles. The minimum Gasteiger partial charge on any atom is -0.307 e. The average molecular weight is 381 g/mol. The summed E-state index contributed by atoms with van der Waals surface area (Å²) >= 11 is 5.69. The van der Waals surface area contributed by atoms with Gasteiger partial charge in [0.1, 0.15) is 6.04 Å². The molecule has 1 fully saturated rings. The van der Waals surface area contributed by atoms with Crippen LogP contribution in [-0.4, -0.2) is 22.9 Å². The maximum Gasteiger partial charge on any atom is 0.418 e. The summed E-state index contributed by atoms with van der Waals surface area (Å²) < 4.78 is 40.2. The Balaban J connectivity index is 1.77.